The van der Waals surface area contributed by atoms with Gasteiger partial charge in [0.25, 0.3) is 0 Å². The van der Waals surface area contributed by atoms with Gasteiger partial charge in [0.2, 0.25) is 6.08 Å². The van der Waals surface area contributed by atoms with Gasteiger partial charge < -0.3 is 0 Å². The van der Waals surface area contributed by atoms with E-state index >= 15 is 0 Å². The quantitative estimate of drug-likeness (QED) is 0.406. The van der Waals surface area contributed by atoms with Crippen molar-refractivity contribution in [3.8, 4) is 0 Å². The topological polar surface area (TPSA) is 29.4 Å². The van der Waals surface area contributed by atoms with Crippen LogP contribution < -0.4 is 0 Å². The van der Waals surface area contributed by atoms with Crippen molar-refractivity contribution in [3.05, 3.63) is 0 Å². The number of hydrogen-bond donors (Lipinski definition) is 0. The van der Waals surface area contributed by atoms with Crippen LogP contribution in [-0.2, 0) is 4.79 Å². The molecule has 0 N–H and O–H groups in total. The third-order valence-electron chi connectivity index (χ3n) is 2.02. The van der Waals surface area contributed by atoms with E-state index in [9.17, 15) is 4.79 Å². The summed E-state index contributed by atoms with van der Waals surface area (Å²) in [5.74, 6) is 0.826. The van der Waals surface area contributed by atoms with Gasteiger partial charge in [-0.2, -0.15) is 0 Å². The minimum Gasteiger partial charge on any atom is -0.211 e. The van der Waals surface area contributed by atoms with E-state index in [1.54, 1.807) is 6.08 Å². The Morgan fingerprint density at radius 1 is 1.67 bits per heavy atom. The van der Waals surface area contributed by atoms with E-state index in [0.717, 1.165) is 18.8 Å². The van der Waals surface area contributed by atoms with Crippen LogP contribution in [0.3, 0.4) is 0 Å². The average Bonchev–Trinajstić information content (AvgIpc) is 1.77. The lowest BCUT2D eigenvalue weighted by Crippen LogP contribution is -2.26. The molecule has 0 radical (unpaired) electrons. The maximum atomic E-state index is 9.71. The van der Waals surface area contributed by atoms with Gasteiger partial charge in [-0.3, -0.25) is 0 Å². The molecule has 0 aromatic carbocycles. The second kappa shape index (κ2) is 2.79. The molecule has 0 heterocycles. The lowest BCUT2D eigenvalue weighted by molar-refractivity contribution is 0.259. The third-order valence-corrected chi connectivity index (χ3v) is 2.02. The first-order valence-electron chi connectivity index (χ1n) is 3.43. The van der Waals surface area contributed by atoms with Crippen molar-refractivity contribution in [3.63, 3.8) is 0 Å². The summed E-state index contributed by atoms with van der Waals surface area (Å²) >= 11 is 0. The van der Waals surface area contributed by atoms with Gasteiger partial charge in [-0.05, 0) is 18.8 Å². The number of nitrogens with zero attached hydrogens (tertiary/aromatic N) is 1. The molecule has 0 aromatic rings. The predicted molar refractivity (Wildman–Crippen MR) is 34.9 cm³/mol. The first-order valence-corrected chi connectivity index (χ1v) is 3.43. The fourth-order valence-corrected chi connectivity index (χ4v) is 1.21. The fraction of sp³-hybridized carbons (Fsp3) is 0.857. The highest BCUT2D eigenvalue weighted by Crippen LogP contribution is 2.31. The van der Waals surface area contributed by atoms with Gasteiger partial charge in [-0.25, -0.2) is 9.79 Å². The van der Waals surface area contributed by atoms with Crippen molar-refractivity contribution in [1.29, 1.82) is 0 Å². The zero-order valence-electron chi connectivity index (χ0n) is 5.63. The Kier molecular flexibility index (Phi) is 2.01. The Balaban J connectivity index is 2.19. The molecule has 0 aromatic heterocycles. The molecule has 2 nitrogen and oxygen atoms in total. The molecule has 0 aliphatic heterocycles. The molecule has 1 fully saturated rings. The molecule has 1 saturated carbocycles. The molecule has 50 valence electrons. The summed E-state index contributed by atoms with van der Waals surface area (Å²) in [6, 6.07) is 0.312. The Bertz CT molecular complexity index is 132. The largest absolute Gasteiger partial charge is 0.235 e. The first-order chi connectivity index (χ1) is 4.36. The van der Waals surface area contributed by atoms with E-state index in [2.05, 4.69) is 11.9 Å². The monoisotopic (exact) mass is 125 g/mol. The van der Waals surface area contributed by atoms with E-state index in [1.165, 1.54) is 6.42 Å². The summed E-state index contributed by atoms with van der Waals surface area (Å²) in [6.07, 6.45) is 5.02. The number of aliphatic imine (C=N–C) groups is 1. The molecule has 0 spiro atoms. The van der Waals surface area contributed by atoms with Crippen molar-refractivity contribution in [2.45, 2.75) is 32.2 Å². The van der Waals surface area contributed by atoms with Gasteiger partial charge in [-0.15, -0.1) is 0 Å². The molecule has 0 unspecified atom stereocenters. The van der Waals surface area contributed by atoms with Gasteiger partial charge >= 0.3 is 0 Å². The Morgan fingerprint density at radius 3 is 2.78 bits per heavy atom. The molecule has 2 heteroatoms. The van der Waals surface area contributed by atoms with E-state index in [-0.39, 0.29) is 0 Å². The lowest BCUT2D eigenvalue weighted by Gasteiger charge is -2.30. The Labute approximate surface area is 55.0 Å². The Morgan fingerprint density at radius 2 is 2.33 bits per heavy atom. The molecule has 0 atom stereocenters. The van der Waals surface area contributed by atoms with E-state index in [0.29, 0.717) is 6.04 Å². The second-order valence-electron chi connectivity index (χ2n) is 2.62. The summed E-state index contributed by atoms with van der Waals surface area (Å²) in [5.41, 5.74) is 0. The maximum absolute atomic E-state index is 9.71. The van der Waals surface area contributed by atoms with Crippen LogP contribution in [0.4, 0.5) is 0 Å². The standard InChI is InChI=1S/C7H11NO/c1-2-6-3-7(4-6)8-5-9/h6-7H,2-4H2,1H3. The second-order valence-corrected chi connectivity index (χ2v) is 2.62. The zero-order chi connectivity index (χ0) is 6.69. The normalized spacial score (nSPS) is 32.6. The highest BCUT2D eigenvalue weighted by molar-refractivity contribution is 5.33. The molecule has 0 saturated heterocycles. The lowest BCUT2D eigenvalue weighted by atomic mass is 9.79. The van der Waals surface area contributed by atoms with Crippen molar-refractivity contribution >= 4 is 6.08 Å². The van der Waals surface area contributed by atoms with Gasteiger partial charge in [0.1, 0.15) is 0 Å². The van der Waals surface area contributed by atoms with Crippen LogP contribution in [0.15, 0.2) is 4.99 Å². The van der Waals surface area contributed by atoms with Gasteiger partial charge in [0, 0.05) is 0 Å². The maximum Gasteiger partial charge on any atom is 0.235 e. The first kappa shape index (κ1) is 6.50. The van der Waals surface area contributed by atoms with Crippen molar-refractivity contribution in [2.75, 3.05) is 0 Å². The SMILES string of the molecule is CCC1CC(N=C=O)C1. The summed E-state index contributed by atoms with van der Waals surface area (Å²) in [7, 11) is 0. The number of isocyanates is 1. The number of rotatable bonds is 2. The van der Waals surface area contributed by atoms with E-state index < -0.39 is 0 Å². The predicted octanol–water partition coefficient (Wildman–Crippen LogP) is 1.51. The minimum atomic E-state index is 0.312. The molecule has 1 aliphatic rings. The number of hydrogen-bond acceptors (Lipinski definition) is 2. The summed E-state index contributed by atoms with van der Waals surface area (Å²) in [6.45, 7) is 2.17. The van der Waals surface area contributed by atoms with Crippen LogP contribution in [0.1, 0.15) is 26.2 Å². The smallest absolute Gasteiger partial charge is 0.211 e. The molecule has 1 aliphatic carbocycles. The van der Waals surface area contributed by atoms with Crippen molar-refractivity contribution in [2.24, 2.45) is 10.9 Å². The minimum absolute atomic E-state index is 0.312. The summed E-state index contributed by atoms with van der Waals surface area (Å²) < 4.78 is 0. The van der Waals surface area contributed by atoms with Crippen LogP contribution in [0.2, 0.25) is 0 Å². The van der Waals surface area contributed by atoms with Crippen molar-refractivity contribution < 1.29 is 4.79 Å². The Hall–Kier alpha value is -0.620. The van der Waals surface area contributed by atoms with Gasteiger partial charge in [0.15, 0.2) is 0 Å². The van der Waals surface area contributed by atoms with E-state index in [1.807, 2.05) is 0 Å². The van der Waals surface area contributed by atoms with Crippen LogP contribution in [0.5, 0.6) is 0 Å². The molecule has 0 bridgehead atoms. The van der Waals surface area contributed by atoms with Gasteiger partial charge in [0.05, 0.1) is 6.04 Å². The van der Waals surface area contributed by atoms with Crippen molar-refractivity contribution in [1.82, 2.24) is 0 Å². The van der Waals surface area contributed by atoms with Crippen LogP contribution >= 0.6 is 0 Å². The van der Waals surface area contributed by atoms with Crippen LogP contribution in [0, 0.1) is 5.92 Å². The van der Waals surface area contributed by atoms with Crippen LogP contribution in [0.25, 0.3) is 0 Å². The number of carbonyl (C=O) groups excluding carboxylic acids is 1. The molecular formula is C7H11NO. The molecule has 1 rings (SSSR count). The molecule has 9 heavy (non-hydrogen) atoms. The summed E-state index contributed by atoms with van der Waals surface area (Å²) in [4.78, 5) is 13.3. The van der Waals surface area contributed by atoms with Gasteiger partial charge in [-0.1, -0.05) is 13.3 Å². The summed E-state index contributed by atoms with van der Waals surface area (Å²) in [5, 5.41) is 0. The third kappa shape index (κ3) is 1.39. The highest BCUT2D eigenvalue weighted by Gasteiger charge is 2.26. The van der Waals surface area contributed by atoms with E-state index in [4.69, 9.17) is 0 Å². The van der Waals surface area contributed by atoms with Crippen LogP contribution in [-0.4, -0.2) is 12.1 Å². The average molecular weight is 125 g/mol. The molecular weight excluding hydrogens is 114 g/mol. The fourth-order valence-electron chi connectivity index (χ4n) is 1.21. The molecule has 0 amide bonds. The zero-order valence-corrected chi connectivity index (χ0v) is 5.63. The highest BCUT2D eigenvalue weighted by atomic mass is 16.1.